The number of carbonyl (C=O) groups is 2. The summed E-state index contributed by atoms with van der Waals surface area (Å²) in [6.07, 6.45) is 2.33. The Labute approximate surface area is 132 Å². The highest BCUT2D eigenvalue weighted by atomic mass is 32.1. The molecule has 2 aromatic rings. The molecule has 1 heterocycles. The van der Waals surface area contributed by atoms with Crippen molar-refractivity contribution < 1.29 is 9.59 Å². The van der Waals surface area contributed by atoms with Gasteiger partial charge in [-0.2, -0.15) is 0 Å². The lowest BCUT2D eigenvalue weighted by Crippen LogP contribution is -2.13. The topological polar surface area (TPSA) is 83.1 Å². The smallest absolute Gasteiger partial charge is 0.275 e. The number of anilines is 3. The van der Waals surface area contributed by atoms with Gasteiger partial charge < -0.3 is 16.0 Å². The van der Waals surface area contributed by atoms with Crippen LogP contribution in [0.5, 0.6) is 0 Å². The molecule has 3 N–H and O–H groups in total. The second-order valence-electron chi connectivity index (χ2n) is 5.17. The Bertz CT molecular complexity index is 709. The highest BCUT2D eigenvalue weighted by Gasteiger charge is 2.22. The van der Waals surface area contributed by atoms with Crippen LogP contribution in [0.4, 0.5) is 16.5 Å². The number of hydrogen-bond donors (Lipinski definition) is 3. The van der Waals surface area contributed by atoms with Crippen molar-refractivity contribution in [2.75, 3.05) is 16.0 Å². The molecular weight excluding hydrogens is 300 g/mol. The molecule has 22 heavy (non-hydrogen) atoms. The molecular formula is C15H16N4O2S. The molecule has 114 valence electrons. The second kappa shape index (κ2) is 6.15. The van der Waals surface area contributed by atoms with Crippen LogP contribution < -0.4 is 16.0 Å². The molecule has 0 atom stereocenters. The zero-order valence-electron chi connectivity index (χ0n) is 12.1. The molecule has 0 bridgehead atoms. The molecule has 0 aliphatic heterocycles. The van der Waals surface area contributed by atoms with Crippen LogP contribution in [0.3, 0.4) is 0 Å². The molecule has 1 aromatic heterocycles. The van der Waals surface area contributed by atoms with Gasteiger partial charge in [-0.15, -0.1) is 11.3 Å². The number of amides is 2. The van der Waals surface area contributed by atoms with E-state index in [-0.39, 0.29) is 11.8 Å². The lowest BCUT2D eigenvalue weighted by Gasteiger charge is -2.06. The standard InChI is InChI=1S/C15H16N4O2S/c1-9(20)16-11-3-2-4-12(7-11)17-14(21)13-8-22-15(19-13)18-10-5-6-10/h2-4,7-8,10H,5-6H2,1H3,(H,16,20)(H,17,21)(H,18,19). The quantitative estimate of drug-likeness (QED) is 0.792. The van der Waals surface area contributed by atoms with Crippen LogP contribution in [0.15, 0.2) is 29.6 Å². The van der Waals surface area contributed by atoms with Crippen LogP contribution in [0.2, 0.25) is 0 Å². The summed E-state index contributed by atoms with van der Waals surface area (Å²) < 4.78 is 0. The normalized spacial score (nSPS) is 13.5. The number of carbonyl (C=O) groups excluding carboxylic acids is 2. The van der Waals surface area contributed by atoms with Crippen molar-refractivity contribution in [3.63, 3.8) is 0 Å². The maximum absolute atomic E-state index is 12.2. The van der Waals surface area contributed by atoms with E-state index in [1.807, 2.05) is 0 Å². The van der Waals surface area contributed by atoms with E-state index < -0.39 is 0 Å². The Hall–Kier alpha value is -2.41. The second-order valence-corrected chi connectivity index (χ2v) is 6.03. The third-order valence-corrected chi connectivity index (χ3v) is 3.86. The summed E-state index contributed by atoms with van der Waals surface area (Å²) in [5.74, 6) is -0.418. The number of aromatic nitrogens is 1. The summed E-state index contributed by atoms with van der Waals surface area (Å²) >= 11 is 1.43. The lowest BCUT2D eigenvalue weighted by atomic mass is 10.2. The van der Waals surface area contributed by atoms with E-state index in [1.165, 1.54) is 18.3 Å². The van der Waals surface area contributed by atoms with Gasteiger partial charge in [0.1, 0.15) is 5.69 Å². The molecule has 7 heteroatoms. The van der Waals surface area contributed by atoms with Crippen LogP contribution in [0, 0.1) is 0 Å². The molecule has 1 fully saturated rings. The first-order valence-electron chi connectivity index (χ1n) is 7.01. The van der Waals surface area contributed by atoms with Crippen molar-refractivity contribution in [2.45, 2.75) is 25.8 Å². The maximum atomic E-state index is 12.2. The van der Waals surface area contributed by atoms with Crippen LogP contribution in [0.1, 0.15) is 30.3 Å². The van der Waals surface area contributed by atoms with Gasteiger partial charge in [0.15, 0.2) is 5.13 Å². The van der Waals surface area contributed by atoms with Gasteiger partial charge in [0.25, 0.3) is 5.91 Å². The minimum atomic E-state index is -0.264. The summed E-state index contributed by atoms with van der Waals surface area (Å²) in [7, 11) is 0. The summed E-state index contributed by atoms with van der Waals surface area (Å²) in [6.45, 7) is 1.44. The highest BCUT2D eigenvalue weighted by molar-refractivity contribution is 7.13. The van der Waals surface area contributed by atoms with E-state index in [9.17, 15) is 9.59 Å². The number of thiazole rings is 1. The van der Waals surface area contributed by atoms with Crippen molar-refractivity contribution in [1.82, 2.24) is 4.98 Å². The van der Waals surface area contributed by atoms with E-state index in [1.54, 1.807) is 29.6 Å². The minimum Gasteiger partial charge on any atom is -0.359 e. The Balaban J connectivity index is 1.65. The van der Waals surface area contributed by atoms with E-state index in [2.05, 4.69) is 20.9 Å². The van der Waals surface area contributed by atoms with E-state index >= 15 is 0 Å². The van der Waals surface area contributed by atoms with Gasteiger partial charge >= 0.3 is 0 Å². The molecule has 2 amide bonds. The summed E-state index contributed by atoms with van der Waals surface area (Å²) in [4.78, 5) is 27.5. The fourth-order valence-corrected chi connectivity index (χ4v) is 2.69. The molecule has 3 rings (SSSR count). The number of hydrogen-bond acceptors (Lipinski definition) is 5. The lowest BCUT2D eigenvalue weighted by molar-refractivity contribution is -0.114. The fourth-order valence-electron chi connectivity index (χ4n) is 1.92. The van der Waals surface area contributed by atoms with Crippen molar-refractivity contribution in [1.29, 1.82) is 0 Å². The van der Waals surface area contributed by atoms with Gasteiger partial charge in [0.05, 0.1) is 0 Å². The predicted molar refractivity (Wildman–Crippen MR) is 87.5 cm³/mol. The van der Waals surface area contributed by atoms with Crippen LogP contribution >= 0.6 is 11.3 Å². The number of nitrogens with one attached hydrogen (secondary N) is 3. The van der Waals surface area contributed by atoms with E-state index in [0.717, 1.165) is 18.0 Å². The predicted octanol–water partition coefficient (Wildman–Crippen LogP) is 2.93. The fraction of sp³-hybridized carbons (Fsp3) is 0.267. The molecule has 0 radical (unpaired) electrons. The largest absolute Gasteiger partial charge is 0.359 e. The maximum Gasteiger partial charge on any atom is 0.275 e. The molecule has 0 spiro atoms. The van der Waals surface area contributed by atoms with Gasteiger partial charge in [-0.1, -0.05) is 6.07 Å². The van der Waals surface area contributed by atoms with E-state index in [4.69, 9.17) is 0 Å². The van der Waals surface area contributed by atoms with Gasteiger partial charge in [-0.25, -0.2) is 4.98 Å². The molecule has 1 aliphatic rings. The SMILES string of the molecule is CC(=O)Nc1cccc(NC(=O)c2csc(NC3CC3)n2)c1. The Morgan fingerprint density at radius 3 is 2.64 bits per heavy atom. The van der Waals surface area contributed by atoms with Gasteiger partial charge in [-0.05, 0) is 31.0 Å². The molecule has 6 nitrogen and oxygen atoms in total. The van der Waals surface area contributed by atoms with Crippen molar-refractivity contribution in [3.8, 4) is 0 Å². The van der Waals surface area contributed by atoms with Crippen molar-refractivity contribution >= 4 is 39.7 Å². The van der Waals surface area contributed by atoms with Crippen molar-refractivity contribution in [3.05, 3.63) is 35.3 Å². The zero-order chi connectivity index (χ0) is 15.5. The first kappa shape index (κ1) is 14.5. The summed E-state index contributed by atoms with van der Waals surface area (Å²) in [5.41, 5.74) is 1.64. The zero-order valence-corrected chi connectivity index (χ0v) is 12.9. The van der Waals surface area contributed by atoms with Crippen LogP contribution in [-0.4, -0.2) is 22.8 Å². The van der Waals surface area contributed by atoms with Gasteiger partial charge in [0, 0.05) is 29.7 Å². The number of nitrogens with zero attached hydrogens (tertiary/aromatic N) is 1. The number of rotatable bonds is 5. The molecule has 1 aromatic carbocycles. The Morgan fingerprint density at radius 2 is 1.95 bits per heavy atom. The van der Waals surface area contributed by atoms with Crippen LogP contribution in [-0.2, 0) is 4.79 Å². The first-order chi connectivity index (χ1) is 10.6. The molecule has 0 unspecified atom stereocenters. The van der Waals surface area contributed by atoms with Gasteiger partial charge in [0.2, 0.25) is 5.91 Å². The Kier molecular flexibility index (Phi) is 4.06. The highest BCUT2D eigenvalue weighted by Crippen LogP contribution is 2.26. The third-order valence-electron chi connectivity index (χ3n) is 3.08. The van der Waals surface area contributed by atoms with E-state index in [0.29, 0.717) is 23.1 Å². The van der Waals surface area contributed by atoms with Crippen LogP contribution in [0.25, 0.3) is 0 Å². The third kappa shape index (κ3) is 3.82. The number of benzene rings is 1. The monoisotopic (exact) mass is 316 g/mol. The molecule has 1 saturated carbocycles. The average molecular weight is 316 g/mol. The molecule has 1 aliphatic carbocycles. The Morgan fingerprint density at radius 1 is 1.23 bits per heavy atom. The first-order valence-corrected chi connectivity index (χ1v) is 7.89. The minimum absolute atomic E-state index is 0.154. The van der Waals surface area contributed by atoms with Gasteiger partial charge in [-0.3, -0.25) is 9.59 Å². The van der Waals surface area contributed by atoms with Crippen molar-refractivity contribution in [2.24, 2.45) is 0 Å². The summed E-state index contributed by atoms with van der Waals surface area (Å²) in [6, 6.07) is 7.50. The molecule has 0 saturated heterocycles. The average Bonchev–Trinajstić information content (AvgIpc) is 3.13. The summed E-state index contributed by atoms with van der Waals surface area (Å²) in [5, 5.41) is 11.2.